The Balaban J connectivity index is 3.64. The summed E-state index contributed by atoms with van der Waals surface area (Å²) in [4.78, 5) is 9.94. The van der Waals surface area contributed by atoms with E-state index in [4.69, 9.17) is 16.6 Å². The van der Waals surface area contributed by atoms with E-state index < -0.39 is 18.1 Å². The molecule has 4 nitrogen and oxygen atoms in total. The third kappa shape index (κ3) is 1.90. The minimum absolute atomic E-state index is 0.479. The molecule has 0 saturated heterocycles. The standard InChI is InChI=1S/C4H10N2O2/c1-2(5)3(6)4(7)8/h2-3H,5-6H2,1H3,(H,7,8)/t2-,3-/m0/s1. The molecule has 0 bridgehead atoms. The van der Waals surface area contributed by atoms with Crippen LogP contribution in [-0.4, -0.2) is 23.2 Å². The Morgan fingerprint density at radius 1 is 1.62 bits per heavy atom. The van der Waals surface area contributed by atoms with Crippen molar-refractivity contribution in [1.82, 2.24) is 0 Å². The lowest BCUT2D eigenvalue weighted by atomic mass is 10.2. The SMILES string of the molecule is C[C@H](N)[C@H](N)C(=O)O. The maximum Gasteiger partial charge on any atom is 0.322 e. The van der Waals surface area contributed by atoms with E-state index in [9.17, 15) is 4.79 Å². The van der Waals surface area contributed by atoms with Gasteiger partial charge in [-0.05, 0) is 6.92 Å². The predicted octanol–water partition coefficient (Wildman–Crippen LogP) is -1.25. The predicted molar refractivity (Wildman–Crippen MR) is 29.3 cm³/mol. The highest BCUT2D eigenvalue weighted by molar-refractivity contribution is 5.73. The fourth-order valence-corrected chi connectivity index (χ4v) is 0.225. The van der Waals surface area contributed by atoms with Gasteiger partial charge in [-0.2, -0.15) is 0 Å². The molecular formula is C4H10N2O2. The molecule has 0 aromatic heterocycles. The van der Waals surface area contributed by atoms with E-state index in [-0.39, 0.29) is 0 Å². The van der Waals surface area contributed by atoms with Crippen molar-refractivity contribution in [1.29, 1.82) is 0 Å². The molecule has 0 aromatic carbocycles. The number of carboxylic acids is 1. The molecule has 0 heterocycles. The number of carbonyl (C=O) groups is 1. The van der Waals surface area contributed by atoms with E-state index in [1.54, 1.807) is 6.92 Å². The van der Waals surface area contributed by atoms with E-state index in [1.807, 2.05) is 0 Å². The lowest BCUT2D eigenvalue weighted by Gasteiger charge is -2.08. The number of carboxylic acid groups (broad SMARTS) is 1. The van der Waals surface area contributed by atoms with Gasteiger partial charge in [0, 0.05) is 6.04 Å². The van der Waals surface area contributed by atoms with Crippen LogP contribution in [0.3, 0.4) is 0 Å². The van der Waals surface area contributed by atoms with Gasteiger partial charge in [-0.25, -0.2) is 0 Å². The molecule has 0 radical (unpaired) electrons. The highest BCUT2D eigenvalue weighted by Gasteiger charge is 2.14. The molecule has 8 heavy (non-hydrogen) atoms. The number of hydrogen-bond acceptors (Lipinski definition) is 3. The highest BCUT2D eigenvalue weighted by atomic mass is 16.4. The zero-order valence-electron chi connectivity index (χ0n) is 4.66. The first-order chi connectivity index (χ1) is 3.55. The first kappa shape index (κ1) is 7.39. The van der Waals surface area contributed by atoms with Crippen LogP contribution in [0.2, 0.25) is 0 Å². The minimum atomic E-state index is -1.06. The second-order valence-electron chi connectivity index (χ2n) is 1.72. The van der Waals surface area contributed by atoms with Crippen LogP contribution in [0.1, 0.15) is 6.92 Å². The van der Waals surface area contributed by atoms with E-state index in [0.29, 0.717) is 0 Å². The Kier molecular flexibility index (Phi) is 2.44. The summed E-state index contributed by atoms with van der Waals surface area (Å²) in [6, 6.07) is -1.41. The Labute approximate surface area is 47.5 Å². The Bertz CT molecular complexity index is 92.0. The molecule has 0 fully saturated rings. The van der Waals surface area contributed by atoms with Crippen LogP contribution < -0.4 is 11.5 Å². The largest absolute Gasteiger partial charge is 0.480 e. The van der Waals surface area contributed by atoms with Crippen LogP contribution in [0.25, 0.3) is 0 Å². The van der Waals surface area contributed by atoms with Gasteiger partial charge in [-0.3, -0.25) is 4.79 Å². The molecule has 0 saturated carbocycles. The fourth-order valence-electron chi connectivity index (χ4n) is 0.225. The van der Waals surface area contributed by atoms with Gasteiger partial charge in [0.2, 0.25) is 0 Å². The van der Waals surface area contributed by atoms with Crippen LogP contribution in [0, 0.1) is 0 Å². The van der Waals surface area contributed by atoms with Gasteiger partial charge in [0.15, 0.2) is 0 Å². The van der Waals surface area contributed by atoms with Gasteiger partial charge < -0.3 is 16.6 Å². The molecule has 5 N–H and O–H groups in total. The summed E-state index contributed by atoms with van der Waals surface area (Å²) in [7, 11) is 0. The topological polar surface area (TPSA) is 89.3 Å². The average Bonchev–Trinajstić information content (AvgIpc) is 1.64. The van der Waals surface area contributed by atoms with Crippen LogP contribution in [-0.2, 0) is 4.79 Å². The molecule has 0 aliphatic rings. The third-order valence-electron chi connectivity index (χ3n) is 0.852. The van der Waals surface area contributed by atoms with Gasteiger partial charge in [-0.1, -0.05) is 0 Å². The van der Waals surface area contributed by atoms with Gasteiger partial charge in [0.1, 0.15) is 6.04 Å². The summed E-state index contributed by atoms with van der Waals surface area (Å²) in [6.45, 7) is 1.55. The zero-order valence-corrected chi connectivity index (χ0v) is 4.66. The normalized spacial score (nSPS) is 17.4. The maximum absolute atomic E-state index is 9.94. The van der Waals surface area contributed by atoms with Crippen molar-refractivity contribution in [3.8, 4) is 0 Å². The summed E-state index contributed by atoms with van der Waals surface area (Å²) >= 11 is 0. The lowest BCUT2D eigenvalue weighted by Crippen LogP contribution is -2.44. The quantitative estimate of drug-likeness (QED) is 0.422. The summed E-state index contributed by atoms with van der Waals surface area (Å²) < 4.78 is 0. The van der Waals surface area contributed by atoms with Gasteiger partial charge in [0.05, 0.1) is 0 Å². The van der Waals surface area contributed by atoms with E-state index in [2.05, 4.69) is 0 Å². The van der Waals surface area contributed by atoms with Crippen molar-refractivity contribution in [3.05, 3.63) is 0 Å². The average molecular weight is 118 g/mol. The summed E-state index contributed by atoms with van der Waals surface area (Å²) in [6.07, 6.45) is 0. The van der Waals surface area contributed by atoms with Crippen molar-refractivity contribution >= 4 is 5.97 Å². The smallest absolute Gasteiger partial charge is 0.322 e. The van der Waals surface area contributed by atoms with Crippen molar-refractivity contribution in [3.63, 3.8) is 0 Å². The highest BCUT2D eigenvalue weighted by Crippen LogP contribution is 1.82. The van der Waals surface area contributed by atoms with Crippen LogP contribution in [0.4, 0.5) is 0 Å². The first-order valence-corrected chi connectivity index (χ1v) is 2.29. The van der Waals surface area contributed by atoms with Gasteiger partial charge in [-0.15, -0.1) is 0 Å². The molecule has 0 rings (SSSR count). The van der Waals surface area contributed by atoms with Crippen molar-refractivity contribution in [2.45, 2.75) is 19.0 Å². The monoisotopic (exact) mass is 118 g/mol. The molecule has 4 heteroatoms. The maximum atomic E-state index is 9.94. The van der Waals surface area contributed by atoms with Crippen LogP contribution in [0.15, 0.2) is 0 Å². The Hall–Kier alpha value is -0.610. The fraction of sp³-hybridized carbons (Fsp3) is 0.750. The Morgan fingerprint density at radius 3 is 2.00 bits per heavy atom. The molecule has 0 aliphatic heterocycles. The zero-order chi connectivity index (χ0) is 6.73. The van der Waals surface area contributed by atoms with Crippen LogP contribution in [0.5, 0.6) is 0 Å². The van der Waals surface area contributed by atoms with Gasteiger partial charge >= 0.3 is 5.97 Å². The molecule has 0 spiro atoms. The lowest BCUT2D eigenvalue weighted by molar-refractivity contribution is -0.138. The molecule has 48 valence electrons. The summed E-state index contributed by atoms with van der Waals surface area (Å²) in [5, 5.41) is 8.15. The Morgan fingerprint density at radius 2 is 2.00 bits per heavy atom. The van der Waals surface area contributed by atoms with Gasteiger partial charge in [0.25, 0.3) is 0 Å². The molecule has 0 amide bonds. The van der Waals surface area contributed by atoms with E-state index in [1.165, 1.54) is 0 Å². The second-order valence-corrected chi connectivity index (χ2v) is 1.72. The summed E-state index contributed by atoms with van der Waals surface area (Å²) in [5.41, 5.74) is 10.2. The first-order valence-electron chi connectivity index (χ1n) is 2.29. The van der Waals surface area contributed by atoms with E-state index >= 15 is 0 Å². The van der Waals surface area contributed by atoms with Crippen LogP contribution >= 0.6 is 0 Å². The number of aliphatic carboxylic acids is 1. The molecule has 0 aliphatic carbocycles. The molecular weight excluding hydrogens is 108 g/mol. The molecule has 2 atom stereocenters. The summed E-state index contributed by atoms with van der Waals surface area (Å²) in [5.74, 6) is -1.06. The minimum Gasteiger partial charge on any atom is -0.480 e. The third-order valence-corrected chi connectivity index (χ3v) is 0.852. The molecule has 0 unspecified atom stereocenters. The van der Waals surface area contributed by atoms with Crippen molar-refractivity contribution < 1.29 is 9.90 Å². The number of rotatable bonds is 2. The van der Waals surface area contributed by atoms with Crippen molar-refractivity contribution in [2.75, 3.05) is 0 Å². The second kappa shape index (κ2) is 2.64. The molecule has 0 aromatic rings. The number of nitrogens with two attached hydrogens (primary N) is 2. The van der Waals surface area contributed by atoms with Crippen molar-refractivity contribution in [2.24, 2.45) is 11.5 Å². The van der Waals surface area contributed by atoms with E-state index in [0.717, 1.165) is 0 Å². The number of hydrogen-bond donors (Lipinski definition) is 3.